The fourth-order valence-electron chi connectivity index (χ4n) is 2.65. The fraction of sp³-hybridized carbons (Fsp3) is 0.400. The molecule has 0 aliphatic heterocycles. The highest BCUT2D eigenvalue weighted by molar-refractivity contribution is 5.90. The van der Waals surface area contributed by atoms with Crippen LogP contribution in [0.5, 0.6) is 0 Å². The van der Waals surface area contributed by atoms with Crippen molar-refractivity contribution in [3.63, 3.8) is 0 Å². The van der Waals surface area contributed by atoms with Gasteiger partial charge in [0, 0.05) is 5.69 Å². The monoisotopic (exact) mass is 386 g/mol. The summed E-state index contributed by atoms with van der Waals surface area (Å²) in [5, 5.41) is 9.22. The van der Waals surface area contributed by atoms with Gasteiger partial charge in [-0.3, -0.25) is 9.59 Å². The van der Waals surface area contributed by atoms with Crippen LogP contribution >= 0.6 is 0 Å². The topological polar surface area (TPSA) is 102 Å². The van der Waals surface area contributed by atoms with E-state index in [1.54, 1.807) is 19.9 Å². The summed E-state index contributed by atoms with van der Waals surface area (Å²) in [5.74, 6) is -0.948. The average molecular weight is 386 g/mol. The van der Waals surface area contributed by atoms with Gasteiger partial charge < -0.3 is 15.4 Å². The van der Waals surface area contributed by atoms with Gasteiger partial charge in [-0.2, -0.15) is 5.10 Å². The molecule has 0 aliphatic rings. The number of nitrogens with one attached hydrogen (secondary N) is 2. The number of carbonyl (C=O) groups is 3. The molecule has 1 heterocycles. The van der Waals surface area contributed by atoms with Crippen molar-refractivity contribution in [2.75, 3.05) is 6.54 Å². The van der Waals surface area contributed by atoms with Crippen LogP contribution in [0.1, 0.15) is 35.6 Å². The first-order chi connectivity index (χ1) is 13.3. The summed E-state index contributed by atoms with van der Waals surface area (Å²) in [6.07, 6.45) is -0.704. The lowest BCUT2D eigenvalue weighted by atomic mass is 10.0. The van der Waals surface area contributed by atoms with Crippen molar-refractivity contribution in [3.8, 4) is 0 Å². The number of aryl methyl sites for hydroxylation is 2. The Balaban J connectivity index is 1.86. The number of benzene rings is 1. The van der Waals surface area contributed by atoms with E-state index in [-0.39, 0.29) is 25.0 Å². The quantitative estimate of drug-likeness (QED) is 0.760. The van der Waals surface area contributed by atoms with E-state index in [0.29, 0.717) is 5.69 Å². The Kier molecular flexibility index (Phi) is 7.31. The zero-order valence-electron chi connectivity index (χ0n) is 16.6. The Bertz CT molecular complexity index is 830. The highest BCUT2D eigenvalue weighted by Gasteiger charge is 2.27. The molecule has 2 aromatic rings. The molecule has 8 heteroatoms. The molecule has 1 atom stereocenters. The van der Waals surface area contributed by atoms with Gasteiger partial charge in [0.2, 0.25) is 5.91 Å². The highest BCUT2D eigenvalue weighted by atomic mass is 16.5. The summed E-state index contributed by atoms with van der Waals surface area (Å²) in [6.45, 7) is 7.05. The lowest BCUT2D eigenvalue weighted by Gasteiger charge is -2.21. The number of nitrogens with zero attached hydrogens (tertiary/aromatic N) is 2. The molecule has 2 rings (SSSR count). The number of ether oxygens (including phenoxy) is 1. The molecule has 0 bridgehead atoms. The molecule has 1 aromatic heterocycles. The van der Waals surface area contributed by atoms with Gasteiger partial charge in [0.15, 0.2) is 0 Å². The molecule has 0 saturated carbocycles. The van der Waals surface area contributed by atoms with Gasteiger partial charge in [0.25, 0.3) is 5.91 Å². The summed E-state index contributed by atoms with van der Waals surface area (Å²) in [7, 11) is 0. The van der Waals surface area contributed by atoms with E-state index in [1.807, 2.05) is 44.2 Å². The molecule has 150 valence electrons. The van der Waals surface area contributed by atoms with Crippen LogP contribution in [0.2, 0.25) is 0 Å². The summed E-state index contributed by atoms with van der Waals surface area (Å²) in [5.41, 5.74) is 2.27. The number of hydrogen-bond donors (Lipinski definition) is 2. The first kappa shape index (κ1) is 21.1. The minimum absolute atomic E-state index is 0.110. The Morgan fingerprint density at radius 3 is 2.39 bits per heavy atom. The van der Waals surface area contributed by atoms with E-state index in [1.165, 1.54) is 4.68 Å². The van der Waals surface area contributed by atoms with E-state index in [4.69, 9.17) is 4.74 Å². The first-order valence-corrected chi connectivity index (χ1v) is 9.09. The van der Waals surface area contributed by atoms with Crippen molar-refractivity contribution in [2.24, 2.45) is 5.92 Å². The first-order valence-electron chi connectivity index (χ1n) is 9.09. The predicted octanol–water partition coefficient (Wildman–Crippen LogP) is 2.21. The molecule has 1 unspecified atom stereocenters. The number of alkyl carbamates (subject to hydrolysis) is 1. The lowest BCUT2D eigenvalue weighted by Crippen LogP contribution is -2.50. The molecule has 28 heavy (non-hydrogen) atoms. The standard InChI is InChI=1S/C20H26N4O4/c1-13(2)18(19(26)24-15(4)10-14(3)23-24)22-17(25)11-21-20(27)28-12-16-8-6-5-7-9-16/h5-10,13,18H,11-12H2,1-4H3,(H,21,27)(H,22,25). The molecule has 1 aromatic carbocycles. The van der Waals surface area contributed by atoms with Gasteiger partial charge in [0.1, 0.15) is 19.2 Å². The van der Waals surface area contributed by atoms with Crippen LogP contribution in [0.4, 0.5) is 4.79 Å². The van der Waals surface area contributed by atoms with Crippen LogP contribution in [-0.4, -0.2) is 40.3 Å². The van der Waals surface area contributed by atoms with Gasteiger partial charge >= 0.3 is 6.09 Å². The summed E-state index contributed by atoms with van der Waals surface area (Å²) in [4.78, 5) is 36.7. The maximum absolute atomic E-state index is 12.7. The fourth-order valence-corrected chi connectivity index (χ4v) is 2.65. The molecular formula is C20H26N4O4. The number of rotatable bonds is 7. The van der Waals surface area contributed by atoms with Crippen molar-refractivity contribution in [2.45, 2.75) is 40.3 Å². The van der Waals surface area contributed by atoms with Crippen molar-refractivity contribution < 1.29 is 19.1 Å². The van der Waals surface area contributed by atoms with Crippen LogP contribution in [0.25, 0.3) is 0 Å². The van der Waals surface area contributed by atoms with Crippen LogP contribution < -0.4 is 10.6 Å². The molecule has 0 saturated heterocycles. The van der Waals surface area contributed by atoms with Crippen LogP contribution in [0.3, 0.4) is 0 Å². The zero-order valence-corrected chi connectivity index (χ0v) is 16.6. The molecule has 0 spiro atoms. The Hall–Kier alpha value is -3.16. The Morgan fingerprint density at radius 2 is 1.82 bits per heavy atom. The number of aromatic nitrogens is 2. The van der Waals surface area contributed by atoms with Gasteiger partial charge in [-0.05, 0) is 31.4 Å². The maximum atomic E-state index is 12.7. The van der Waals surface area contributed by atoms with Crippen molar-refractivity contribution in [1.29, 1.82) is 0 Å². The second-order valence-electron chi connectivity index (χ2n) is 6.88. The Morgan fingerprint density at radius 1 is 1.14 bits per heavy atom. The molecule has 0 aliphatic carbocycles. The highest BCUT2D eigenvalue weighted by Crippen LogP contribution is 2.09. The number of hydrogen-bond acceptors (Lipinski definition) is 5. The number of carbonyl (C=O) groups excluding carboxylic acids is 3. The molecular weight excluding hydrogens is 360 g/mol. The summed E-state index contributed by atoms with van der Waals surface area (Å²) < 4.78 is 6.35. The molecule has 2 N–H and O–H groups in total. The second kappa shape index (κ2) is 9.68. The van der Waals surface area contributed by atoms with Gasteiger partial charge in [-0.1, -0.05) is 44.2 Å². The SMILES string of the molecule is Cc1cc(C)n(C(=O)C(NC(=O)CNC(=O)OCc2ccccc2)C(C)C)n1. The van der Waals surface area contributed by atoms with Gasteiger partial charge in [-0.15, -0.1) is 0 Å². The maximum Gasteiger partial charge on any atom is 0.407 e. The van der Waals surface area contributed by atoms with Gasteiger partial charge in [0.05, 0.1) is 5.69 Å². The molecule has 0 radical (unpaired) electrons. The van der Waals surface area contributed by atoms with Gasteiger partial charge in [-0.25, -0.2) is 9.48 Å². The van der Waals surface area contributed by atoms with E-state index in [2.05, 4.69) is 15.7 Å². The summed E-state index contributed by atoms with van der Waals surface area (Å²) >= 11 is 0. The largest absolute Gasteiger partial charge is 0.445 e. The third-order valence-electron chi connectivity index (χ3n) is 4.07. The Labute approximate surface area is 164 Å². The molecule has 8 nitrogen and oxygen atoms in total. The smallest absolute Gasteiger partial charge is 0.407 e. The normalized spacial score (nSPS) is 11.8. The zero-order chi connectivity index (χ0) is 20.7. The van der Waals surface area contributed by atoms with Crippen LogP contribution in [0.15, 0.2) is 36.4 Å². The van der Waals surface area contributed by atoms with Crippen molar-refractivity contribution in [3.05, 3.63) is 53.3 Å². The van der Waals surface area contributed by atoms with Crippen LogP contribution in [0, 0.1) is 19.8 Å². The molecule has 2 amide bonds. The van der Waals surface area contributed by atoms with E-state index in [9.17, 15) is 14.4 Å². The van der Waals surface area contributed by atoms with E-state index >= 15 is 0 Å². The minimum atomic E-state index is -0.757. The third-order valence-corrected chi connectivity index (χ3v) is 4.07. The minimum Gasteiger partial charge on any atom is -0.445 e. The second-order valence-corrected chi connectivity index (χ2v) is 6.88. The number of amides is 2. The predicted molar refractivity (Wildman–Crippen MR) is 104 cm³/mol. The van der Waals surface area contributed by atoms with Crippen molar-refractivity contribution in [1.82, 2.24) is 20.4 Å². The lowest BCUT2D eigenvalue weighted by molar-refractivity contribution is -0.121. The van der Waals surface area contributed by atoms with Crippen LogP contribution in [-0.2, 0) is 16.1 Å². The average Bonchev–Trinajstić information content (AvgIpc) is 3.01. The molecule has 0 fully saturated rings. The third kappa shape index (κ3) is 5.94. The van der Waals surface area contributed by atoms with Crippen molar-refractivity contribution >= 4 is 17.9 Å². The summed E-state index contributed by atoms with van der Waals surface area (Å²) in [6, 6.07) is 10.3. The van der Waals surface area contributed by atoms with E-state index in [0.717, 1.165) is 11.3 Å². The van der Waals surface area contributed by atoms with E-state index < -0.39 is 18.0 Å².